The first-order valence-electron chi connectivity index (χ1n) is 7.71. The van der Waals surface area contributed by atoms with Crippen molar-refractivity contribution in [3.63, 3.8) is 0 Å². The van der Waals surface area contributed by atoms with Crippen molar-refractivity contribution < 1.29 is 9.90 Å². The molecule has 1 aromatic rings. The lowest BCUT2D eigenvalue weighted by atomic mass is 9.98. The Morgan fingerprint density at radius 3 is 2.80 bits per heavy atom. The molecule has 0 spiro atoms. The summed E-state index contributed by atoms with van der Waals surface area (Å²) < 4.78 is 0. The van der Waals surface area contributed by atoms with Crippen LogP contribution in [0.1, 0.15) is 43.4 Å². The van der Waals surface area contributed by atoms with Crippen molar-refractivity contribution in [3.05, 3.63) is 35.4 Å². The zero-order valence-electron chi connectivity index (χ0n) is 12.1. The summed E-state index contributed by atoms with van der Waals surface area (Å²) >= 11 is 0. The fraction of sp³-hybridized carbons (Fsp3) is 0.588. The predicted molar refractivity (Wildman–Crippen MR) is 78.6 cm³/mol. The number of aryl methyl sites for hydroxylation is 1. The van der Waals surface area contributed by atoms with Crippen molar-refractivity contribution in [2.24, 2.45) is 11.8 Å². The molecular formula is C17H23NO2. The first-order chi connectivity index (χ1) is 9.66. The number of carboxylic acid groups (broad SMARTS) is 1. The highest BCUT2D eigenvalue weighted by atomic mass is 16.4. The van der Waals surface area contributed by atoms with E-state index in [-0.39, 0.29) is 11.8 Å². The number of hydrogen-bond donors (Lipinski definition) is 1. The van der Waals surface area contributed by atoms with Gasteiger partial charge in [0.15, 0.2) is 0 Å². The number of hydrogen-bond acceptors (Lipinski definition) is 2. The zero-order chi connectivity index (χ0) is 14.1. The Labute approximate surface area is 120 Å². The van der Waals surface area contributed by atoms with Gasteiger partial charge in [0.2, 0.25) is 0 Å². The zero-order valence-corrected chi connectivity index (χ0v) is 12.1. The quantitative estimate of drug-likeness (QED) is 0.842. The molecule has 1 aliphatic carbocycles. The third kappa shape index (κ3) is 2.47. The molecule has 1 saturated heterocycles. The van der Waals surface area contributed by atoms with Gasteiger partial charge in [0.1, 0.15) is 0 Å². The maximum Gasteiger partial charge on any atom is 0.308 e. The van der Waals surface area contributed by atoms with Crippen LogP contribution in [-0.2, 0) is 11.2 Å². The molecule has 3 nitrogen and oxygen atoms in total. The number of likely N-dealkylation sites (tertiary alicyclic amines) is 1. The highest BCUT2D eigenvalue weighted by Crippen LogP contribution is 2.37. The maximum absolute atomic E-state index is 11.3. The molecule has 2 aliphatic rings. The fourth-order valence-corrected chi connectivity index (χ4v) is 3.86. The van der Waals surface area contributed by atoms with Crippen molar-refractivity contribution >= 4 is 5.97 Å². The van der Waals surface area contributed by atoms with E-state index < -0.39 is 5.97 Å². The molecule has 3 atom stereocenters. The van der Waals surface area contributed by atoms with Gasteiger partial charge in [-0.25, -0.2) is 0 Å². The molecule has 0 bridgehead atoms. The Morgan fingerprint density at radius 2 is 2.05 bits per heavy atom. The first kappa shape index (κ1) is 13.6. The van der Waals surface area contributed by atoms with Gasteiger partial charge < -0.3 is 5.11 Å². The molecule has 0 aromatic heterocycles. The van der Waals surface area contributed by atoms with E-state index in [4.69, 9.17) is 0 Å². The van der Waals surface area contributed by atoms with Crippen molar-refractivity contribution in [1.29, 1.82) is 0 Å². The lowest BCUT2D eigenvalue weighted by Crippen LogP contribution is -2.28. The summed E-state index contributed by atoms with van der Waals surface area (Å²) in [5.41, 5.74) is 2.89. The van der Waals surface area contributed by atoms with Gasteiger partial charge in [-0.05, 0) is 36.3 Å². The molecular weight excluding hydrogens is 250 g/mol. The van der Waals surface area contributed by atoms with E-state index in [1.54, 1.807) is 0 Å². The second kappa shape index (κ2) is 5.57. The van der Waals surface area contributed by atoms with Gasteiger partial charge in [-0.3, -0.25) is 9.69 Å². The molecule has 1 aliphatic heterocycles. The van der Waals surface area contributed by atoms with Crippen LogP contribution >= 0.6 is 0 Å². The lowest BCUT2D eigenvalue weighted by molar-refractivity contribution is -0.142. The molecule has 3 rings (SSSR count). The molecule has 108 valence electrons. The van der Waals surface area contributed by atoms with Crippen LogP contribution in [0.4, 0.5) is 0 Å². The third-order valence-electron chi connectivity index (χ3n) is 4.99. The number of rotatable bonds is 2. The van der Waals surface area contributed by atoms with Crippen LogP contribution in [0.15, 0.2) is 24.3 Å². The first-order valence-corrected chi connectivity index (χ1v) is 7.71. The van der Waals surface area contributed by atoms with Crippen LogP contribution in [0.5, 0.6) is 0 Å². The Balaban J connectivity index is 1.86. The highest BCUT2D eigenvalue weighted by Gasteiger charge is 2.38. The van der Waals surface area contributed by atoms with Gasteiger partial charge in [-0.15, -0.1) is 0 Å². The normalized spacial score (nSPS) is 30.8. The lowest BCUT2D eigenvalue weighted by Gasteiger charge is -2.28. The van der Waals surface area contributed by atoms with Crippen molar-refractivity contribution in [1.82, 2.24) is 4.90 Å². The monoisotopic (exact) mass is 273 g/mol. The van der Waals surface area contributed by atoms with Crippen LogP contribution < -0.4 is 0 Å². The van der Waals surface area contributed by atoms with Crippen LogP contribution in [0, 0.1) is 11.8 Å². The van der Waals surface area contributed by atoms with E-state index in [9.17, 15) is 9.90 Å². The van der Waals surface area contributed by atoms with Gasteiger partial charge in [0.05, 0.1) is 5.92 Å². The Kier molecular flexibility index (Phi) is 3.79. The second-order valence-corrected chi connectivity index (χ2v) is 6.34. The summed E-state index contributed by atoms with van der Waals surface area (Å²) in [7, 11) is 0. The van der Waals surface area contributed by atoms with E-state index in [1.807, 2.05) is 0 Å². The second-order valence-electron chi connectivity index (χ2n) is 6.34. The fourth-order valence-electron chi connectivity index (χ4n) is 3.86. The van der Waals surface area contributed by atoms with Gasteiger partial charge in [-0.1, -0.05) is 37.6 Å². The average Bonchev–Trinajstić information content (AvgIpc) is 2.70. The number of carbonyl (C=O) groups is 1. The molecule has 1 unspecified atom stereocenters. The van der Waals surface area contributed by atoms with Gasteiger partial charge in [-0.2, -0.15) is 0 Å². The summed E-state index contributed by atoms with van der Waals surface area (Å²) in [6.07, 6.45) is 4.82. The molecule has 1 heterocycles. The van der Waals surface area contributed by atoms with Crippen molar-refractivity contribution in [2.45, 2.75) is 38.6 Å². The smallest absolute Gasteiger partial charge is 0.308 e. The summed E-state index contributed by atoms with van der Waals surface area (Å²) in [6.45, 7) is 3.69. The number of aliphatic carboxylic acids is 1. The summed E-state index contributed by atoms with van der Waals surface area (Å²) in [6, 6.07) is 9.13. The number of nitrogens with zero attached hydrogens (tertiary/aromatic N) is 1. The van der Waals surface area contributed by atoms with Crippen molar-refractivity contribution in [3.8, 4) is 0 Å². The van der Waals surface area contributed by atoms with Crippen molar-refractivity contribution in [2.75, 3.05) is 13.1 Å². The summed E-state index contributed by atoms with van der Waals surface area (Å²) in [5, 5.41) is 9.32. The van der Waals surface area contributed by atoms with Gasteiger partial charge in [0, 0.05) is 19.1 Å². The van der Waals surface area contributed by atoms with Crippen LogP contribution in [0.3, 0.4) is 0 Å². The molecule has 1 aromatic carbocycles. The SMILES string of the molecule is C[C@@H]1CN(C2CCCCc3ccccc32)C[C@H]1C(=O)O. The minimum atomic E-state index is -0.637. The average molecular weight is 273 g/mol. The molecule has 1 fully saturated rings. The summed E-state index contributed by atoms with van der Waals surface area (Å²) in [5.74, 6) is -0.588. The molecule has 0 amide bonds. The van der Waals surface area contributed by atoms with E-state index in [2.05, 4.69) is 36.1 Å². The molecule has 1 N–H and O–H groups in total. The van der Waals surface area contributed by atoms with Crippen LogP contribution in [0.2, 0.25) is 0 Å². The molecule has 20 heavy (non-hydrogen) atoms. The number of benzene rings is 1. The Bertz CT molecular complexity index is 500. The van der Waals surface area contributed by atoms with Crippen LogP contribution in [-0.4, -0.2) is 29.1 Å². The van der Waals surface area contributed by atoms with Gasteiger partial charge >= 0.3 is 5.97 Å². The predicted octanol–water partition coefficient (Wildman–Crippen LogP) is 3.11. The Hall–Kier alpha value is -1.35. The largest absolute Gasteiger partial charge is 0.481 e. The molecule has 0 radical (unpaired) electrons. The standard InChI is InChI=1S/C17H23NO2/c1-12-10-18(11-15(12)17(19)20)16-9-5-3-7-13-6-2-4-8-14(13)16/h2,4,6,8,12,15-16H,3,5,7,9-11H2,1H3,(H,19,20)/t12-,15-,16?/m1/s1. The topological polar surface area (TPSA) is 40.5 Å². The molecule has 0 saturated carbocycles. The Morgan fingerprint density at radius 1 is 1.25 bits per heavy atom. The minimum absolute atomic E-state index is 0.203. The number of fused-ring (bicyclic) bond motifs is 1. The minimum Gasteiger partial charge on any atom is -0.481 e. The maximum atomic E-state index is 11.3. The highest BCUT2D eigenvalue weighted by molar-refractivity contribution is 5.71. The molecule has 3 heteroatoms. The van der Waals surface area contributed by atoms with E-state index in [0.29, 0.717) is 12.6 Å². The van der Waals surface area contributed by atoms with Crippen LogP contribution in [0.25, 0.3) is 0 Å². The van der Waals surface area contributed by atoms with Gasteiger partial charge in [0.25, 0.3) is 0 Å². The number of carboxylic acids is 1. The summed E-state index contributed by atoms with van der Waals surface area (Å²) in [4.78, 5) is 13.7. The van der Waals surface area contributed by atoms with E-state index >= 15 is 0 Å². The third-order valence-corrected chi connectivity index (χ3v) is 4.99. The van der Waals surface area contributed by atoms with E-state index in [1.165, 1.54) is 30.4 Å². The van der Waals surface area contributed by atoms with E-state index in [0.717, 1.165) is 13.0 Å².